The first-order valence-corrected chi connectivity index (χ1v) is 14.2. The first-order chi connectivity index (χ1) is 18.3. The van der Waals surface area contributed by atoms with Gasteiger partial charge < -0.3 is 9.72 Å². The number of nitrogens with zero attached hydrogens (tertiary/aromatic N) is 1. The number of thioether (sulfide) groups is 1. The number of carbonyl (C=O) groups excluding carboxylic acids is 2. The van der Waals surface area contributed by atoms with E-state index in [4.69, 9.17) is 16.3 Å². The Morgan fingerprint density at radius 2 is 1.61 bits per heavy atom. The highest BCUT2D eigenvalue weighted by Gasteiger charge is 2.56. The molecule has 2 aliphatic heterocycles. The zero-order chi connectivity index (χ0) is 26.6. The van der Waals surface area contributed by atoms with E-state index in [0.29, 0.717) is 33.7 Å². The molecule has 6 rings (SSSR count). The third kappa shape index (κ3) is 4.36. The van der Waals surface area contributed by atoms with Gasteiger partial charge >= 0.3 is 4.87 Å². The van der Waals surface area contributed by atoms with E-state index in [2.05, 4.69) is 4.98 Å². The molecule has 1 aromatic heterocycles. The van der Waals surface area contributed by atoms with E-state index in [0.717, 1.165) is 32.9 Å². The van der Waals surface area contributed by atoms with Gasteiger partial charge in [0.2, 0.25) is 11.8 Å². The van der Waals surface area contributed by atoms with Crippen LogP contribution in [0.15, 0.2) is 76.6 Å². The second kappa shape index (κ2) is 9.76. The lowest BCUT2D eigenvalue weighted by Crippen LogP contribution is -2.32. The number of hydrogen-bond donors (Lipinski definition) is 1. The summed E-state index contributed by atoms with van der Waals surface area (Å²) in [6, 6.07) is 20.7. The standard InChI is InChI=1S/C29H23ClN2O4S2/c1-15-3-7-17(8-4-15)14-36-21-12-9-18(30)13-20(21)22-23-25(37-26-24(22)38-29(35)31-26)28(34)32(27(23)33)19-10-5-16(2)6-11-19/h3-13,22-23,25H,14H2,1-2H3,(H,31,35). The number of H-pyrrole nitrogens is 1. The lowest BCUT2D eigenvalue weighted by Gasteiger charge is -2.31. The maximum Gasteiger partial charge on any atom is 0.305 e. The maximum absolute atomic E-state index is 14.0. The topological polar surface area (TPSA) is 79.5 Å². The molecule has 3 aromatic carbocycles. The van der Waals surface area contributed by atoms with Gasteiger partial charge in [-0.15, -0.1) is 0 Å². The van der Waals surface area contributed by atoms with Gasteiger partial charge in [-0.2, -0.15) is 0 Å². The minimum absolute atomic E-state index is 0.230. The fourth-order valence-corrected chi connectivity index (χ4v) is 7.73. The number of thiazole rings is 1. The normalized spacial score (nSPS) is 20.4. The van der Waals surface area contributed by atoms with Crippen LogP contribution in [0.3, 0.4) is 0 Å². The first-order valence-electron chi connectivity index (χ1n) is 12.1. The smallest absolute Gasteiger partial charge is 0.305 e. The Bertz CT molecular complexity index is 1610. The van der Waals surface area contributed by atoms with E-state index in [1.165, 1.54) is 16.7 Å². The number of imide groups is 1. The van der Waals surface area contributed by atoms with Crippen molar-refractivity contribution in [3.8, 4) is 5.75 Å². The molecule has 38 heavy (non-hydrogen) atoms. The van der Waals surface area contributed by atoms with Crippen LogP contribution in [-0.4, -0.2) is 22.0 Å². The van der Waals surface area contributed by atoms with Gasteiger partial charge in [-0.1, -0.05) is 82.2 Å². The Morgan fingerprint density at radius 1 is 0.921 bits per heavy atom. The summed E-state index contributed by atoms with van der Waals surface area (Å²) in [5.74, 6) is -1.31. The van der Waals surface area contributed by atoms with Crippen LogP contribution in [0.25, 0.3) is 0 Å². The van der Waals surface area contributed by atoms with Crippen molar-refractivity contribution in [3.63, 3.8) is 0 Å². The summed E-state index contributed by atoms with van der Waals surface area (Å²) < 4.78 is 6.27. The number of aryl methyl sites for hydroxylation is 2. The fourth-order valence-electron chi connectivity index (χ4n) is 5.04. The zero-order valence-electron chi connectivity index (χ0n) is 20.6. The van der Waals surface area contributed by atoms with Gasteiger partial charge in [0.15, 0.2) is 0 Å². The summed E-state index contributed by atoms with van der Waals surface area (Å²) in [6.45, 7) is 4.30. The predicted octanol–water partition coefficient (Wildman–Crippen LogP) is 6.08. The number of halogens is 1. The lowest BCUT2D eigenvalue weighted by molar-refractivity contribution is -0.122. The number of aromatic amines is 1. The summed E-state index contributed by atoms with van der Waals surface area (Å²) in [4.78, 5) is 44.7. The summed E-state index contributed by atoms with van der Waals surface area (Å²) in [5.41, 5.74) is 4.41. The third-order valence-electron chi connectivity index (χ3n) is 6.94. The van der Waals surface area contributed by atoms with Gasteiger partial charge in [0.05, 0.1) is 16.6 Å². The summed E-state index contributed by atoms with van der Waals surface area (Å²) >= 11 is 8.77. The Morgan fingerprint density at radius 3 is 2.32 bits per heavy atom. The highest BCUT2D eigenvalue weighted by atomic mass is 35.5. The second-order valence-electron chi connectivity index (χ2n) is 9.55. The number of rotatable bonds is 5. The second-order valence-corrected chi connectivity index (χ2v) is 12.2. The Hall–Kier alpha value is -3.33. The molecule has 192 valence electrons. The van der Waals surface area contributed by atoms with Gasteiger partial charge in [-0.3, -0.25) is 14.4 Å². The molecule has 1 saturated heterocycles. The van der Waals surface area contributed by atoms with Crippen molar-refractivity contribution in [2.75, 3.05) is 4.90 Å². The number of nitrogens with one attached hydrogen (secondary N) is 1. The van der Waals surface area contributed by atoms with Crippen molar-refractivity contribution in [1.82, 2.24) is 4.98 Å². The van der Waals surface area contributed by atoms with Crippen molar-refractivity contribution in [2.24, 2.45) is 5.92 Å². The minimum atomic E-state index is -0.715. The molecule has 3 atom stereocenters. The molecule has 6 nitrogen and oxygen atoms in total. The average molecular weight is 563 g/mol. The largest absolute Gasteiger partial charge is 0.489 e. The van der Waals surface area contributed by atoms with Crippen LogP contribution >= 0.6 is 34.7 Å². The number of aromatic nitrogens is 1. The molecule has 9 heteroatoms. The summed E-state index contributed by atoms with van der Waals surface area (Å²) in [7, 11) is 0. The molecule has 0 saturated carbocycles. The monoisotopic (exact) mass is 562 g/mol. The Balaban J connectivity index is 1.44. The number of benzene rings is 3. The van der Waals surface area contributed by atoms with Crippen molar-refractivity contribution >= 4 is 52.2 Å². The van der Waals surface area contributed by atoms with Gasteiger partial charge in [0.25, 0.3) is 0 Å². The van der Waals surface area contributed by atoms with Crippen LogP contribution in [0.4, 0.5) is 5.69 Å². The van der Waals surface area contributed by atoms with E-state index in [1.807, 2.05) is 50.2 Å². The Labute approximate surface area is 232 Å². The van der Waals surface area contributed by atoms with E-state index >= 15 is 0 Å². The summed E-state index contributed by atoms with van der Waals surface area (Å²) in [5, 5.41) is 0.409. The van der Waals surface area contributed by atoms with Gasteiger partial charge in [-0.05, 0) is 49.7 Å². The van der Waals surface area contributed by atoms with Crippen LogP contribution in [0.1, 0.15) is 33.0 Å². The van der Waals surface area contributed by atoms with E-state index in [-0.39, 0.29) is 16.7 Å². The first kappa shape index (κ1) is 25.0. The van der Waals surface area contributed by atoms with E-state index in [1.54, 1.807) is 30.3 Å². The number of amides is 2. The molecule has 3 heterocycles. The molecular formula is C29H23ClN2O4S2. The maximum atomic E-state index is 14.0. The van der Waals surface area contributed by atoms with Crippen LogP contribution in [0, 0.1) is 19.8 Å². The lowest BCUT2D eigenvalue weighted by atomic mass is 9.82. The number of carbonyl (C=O) groups is 2. The van der Waals surface area contributed by atoms with Crippen LogP contribution in [0.2, 0.25) is 5.02 Å². The zero-order valence-corrected chi connectivity index (χ0v) is 23.0. The van der Waals surface area contributed by atoms with Gasteiger partial charge in [0, 0.05) is 21.4 Å². The number of anilines is 1. The number of fused-ring (bicyclic) bond motifs is 2. The molecule has 0 bridgehead atoms. The summed E-state index contributed by atoms with van der Waals surface area (Å²) in [6.07, 6.45) is 0. The molecule has 3 unspecified atom stereocenters. The molecule has 2 aliphatic rings. The van der Waals surface area contributed by atoms with Crippen LogP contribution in [0.5, 0.6) is 5.75 Å². The molecule has 1 fully saturated rings. The van der Waals surface area contributed by atoms with Gasteiger partial charge in [-0.25, -0.2) is 4.90 Å². The van der Waals surface area contributed by atoms with Crippen molar-refractivity contribution in [2.45, 2.75) is 36.6 Å². The molecule has 0 aliphatic carbocycles. The van der Waals surface area contributed by atoms with E-state index < -0.39 is 17.1 Å². The van der Waals surface area contributed by atoms with Crippen molar-refractivity contribution in [1.29, 1.82) is 0 Å². The highest BCUT2D eigenvalue weighted by molar-refractivity contribution is 8.00. The van der Waals surface area contributed by atoms with Gasteiger partial charge in [0.1, 0.15) is 17.6 Å². The molecule has 2 amide bonds. The quantitative estimate of drug-likeness (QED) is 0.298. The molecule has 0 radical (unpaired) electrons. The fraction of sp³-hybridized carbons (Fsp3) is 0.207. The highest BCUT2D eigenvalue weighted by Crippen LogP contribution is 2.54. The molecular weight excluding hydrogens is 540 g/mol. The minimum Gasteiger partial charge on any atom is -0.489 e. The van der Waals surface area contributed by atoms with Crippen LogP contribution in [-0.2, 0) is 16.2 Å². The molecule has 4 aromatic rings. The van der Waals surface area contributed by atoms with E-state index in [9.17, 15) is 14.4 Å². The molecule has 1 N–H and O–H groups in total. The predicted molar refractivity (Wildman–Crippen MR) is 151 cm³/mol. The van der Waals surface area contributed by atoms with Crippen LogP contribution < -0.4 is 14.5 Å². The average Bonchev–Trinajstić information content (AvgIpc) is 3.39. The number of ether oxygens (including phenoxy) is 1. The third-order valence-corrected chi connectivity index (χ3v) is 9.57. The van der Waals surface area contributed by atoms with Crippen molar-refractivity contribution in [3.05, 3.63) is 109 Å². The molecule has 0 spiro atoms. The van der Waals surface area contributed by atoms with Crippen molar-refractivity contribution < 1.29 is 14.3 Å². The Kier molecular flexibility index (Phi) is 6.42. The number of hydrogen-bond acceptors (Lipinski definition) is 6. The SMILES string of the molecule is Cc1ccc(COc2ccc(Cl)cc2C2c3sc(=O)[nH]c3SC3C(=O)N(c4ccc(C)cc4)C(=O)C32)cc1.